The predicted octanol–water partition coefficient (Wildman–Crippen LogP) is 4.16. The highest BCUT2D eigenvalue weighted by atomic mass is 16.6. The first kappa shape index (κ1) is 21.0. The smallest absolute Gasteiger partial charge is 0.308 e. The van der Waals surface area contributed by atoms with E-state index in [1.807, 2.05) is 46.8 Å². The number of rotatable bonds is 4. The molecule has 0 aliphatic carbocycles. The Hall–Kier alpha value is -2.73. The Balaban J connectivity index is 1.97. The molecule has 1 aliphatic rings. The summed E-state index contributed by atoms with van der Waals surface area (Å²) >= 11 is 0. The van der Waals surface area contributed by atoms with Gasteiger partial charge in [-0.25, -0.2) is 0 Å². The summed E-state index contributed by atoms with van der Waals surface area (Å²) in [6.45, 7) is 10.9. The highest BCUT2D eigenvalue weighted by Crippen LogP contribution is 2.49. The molecule has 3 N–H and O–H groups in total. The standard InChI is InChI=1S/C23H29NO5/c1-12-13(2)22-20(14(3)21(12)28-16(5)25)19(26)11-23(6,29-22)15(4)27-18-9-7-17(24)8-10-18/h7-10,15,19,26H,11,24H2,1-6H3. The molecule has 6 heteroatoms. The number of hydrogen-bond donors (Lipinski definition) is 2. The monoisotopic (exact) mass is 399 g/mol. The van der Waals surface area contributed by atoms with Gasteiger partial charge in [-0.2, -0.15) is 0 Å². The molecule has 156 valence electrons. The molecule has 29 heavy (non-hydrogen) atoms. The number of nitrogens with two attached hydrogens (primary N) is 1. The number of carbonyl (C=O) groups excluding carboxylic acids is 1. The van der Waals surface area contributed by atoms with E-state index in [-0.39, 0.29) is 6.10 Å². The van der Waals surface area contributed by atoms with Crippen LogP contribution in [-0.2, 0) is 4.79 Å². The quantitative estimate of drug-likeness (QED) is 0.456. The lowest BCUT2D eigenvalue weighted by Crippen LogP contribution is -2.50. The average Bonchev–Trinajstić information content (AvgIpc) is 2.64. The fourth-order valence-electron chi connectivity index (χ4n) is 3.83. The van der Waals surface area contributed by atoms with E-state index in [1.54, 1.807) is 12.1 Å². The van der Waals surface area contributed by atoms with Crippen molar-refractivity contribution in [2.45, 2.75) is 65.8 Å². The van der Waals surface area contributed by atoms with Crippen LogP contribution >= 0.6 is 0 Å². The first-order valence-corrected chi connectivity index (χ1v) is 9.75. The largest absolute Gasteiger partial charge is 0.487 e. The highest BCUT2D eigenvalue weighted by molar-refractivity contribution is 5.72. The molecule has 0 fully saturated rings. The van der Waals surface area contributed by atoms with E-state index >= 15 is 0 Å². The molecule has 0 spiro atoms. The van der Waals surface area contributed by atoms with Crippen molar-refractivity contribution in [3.05, 3.63) is 46.5 Å². The molecule has 3 unspecified atom stereocenters. The molecule has 6 nitrogen and oxygen atoms in total. The topological polar surface area (TPSA) is 91.0 Å². The van der Waals surface area contributed by atoms with Crippen molar-refractivity contribution in [2.24, 2.45) is 0 Å². The van der Waals surface area contributed by atoms with Crippen LogP contribution in [0.4, 0.5) is 5.69 Å². The maximum absolute atomic E-state index is 11.5. The van der Waals surface area contributed by atoms with E-state index < -0.39 is 17.7 Å². The fourth-order valence-corrected chi connectivity index (χ4v) is 3.83. The Morgan fingerprint density at radius 1 is 1.21 bits per heavy atom. The van der Waals surface area contributed by atoms with Crippen LogP contribution < -0.4 is 19.9 Å². The predicted molar refractivity (Wildman–Crippen MR) is 112 cm³/mol. The van der Waals surface area contributed by atoms with E-state index in [9.17, 15) is 9.90 Å². The van der Waals surface area contributed by atoms with Crippen molar-refractivity contribution < 1.29 is 24.1 Å². The number of ether oxygens (including phenoxy) is 3. The number of aliphatic hydroxyl groups is 1. The number of hydrogen-bond acceptors (Lipinski definition) is 6. The van der Waals surface area contributed by atoms with Crippen LogP contribution in [0.15, 0.2) is 24.3 Å². The third kappa shape index (κ3) is 3.90. The summed E-state index contributed by atoms with van der Waals surface area (Å²) in [6, 6.07) is 7.19. The van der Waals surface area contributed by atoms with Crippen molar-refractivity contribution in [1.82, 2.24) is 0 Å². The maximum Gasteiger partial charge on any atom is 0.308 e. The van der Waals surface area contributed by atoms with Crippen LogP contribution in [-0.4, -0.2) is 22.8 Å². The minimum absolute atomic E-state index is 0.331. The zero-order chi connectivity index (χ0) is 21.5. The van der Waals surface area contributed by atoms with Gasteiger partial charge >= 0.3 is 5.97 Å². The SMILES string of the molecule is CC(=O)Oc1c(C)c(C)c2c(c1C)C(O)CC(C)(C(C)Oc1ccc(N)cc1)O2. The Bertz CT molecular complexity index is 938. The summed E-state index contributed by atoms with van der Waals surface area (Å²) < 4.78 is 18.0. The number of nitrogen functional groups attached to an aromatic ring is 1. The average molecular weight is 399 g/mol. The van der Waals surface area contributed by atoms with Crippen LogP contribution in [0.3, 0.4) is 0 Å². The summed E-state index contributed by atoms with van der Waals surface area (Å²) in [5, 5.41) is 11.0. The molecule has 0 saturated carbocycles. The van der Waals surface area contributed by atoms with Gasteiger partial charge in [-0.3, -0.25) is 4.79 Å². The van der Waals surface area contributed by atoms with Gasteiger partial charge in [0.15, 0.2) is 0 Å². The first-order chi connectivity index (χ1) is 13.5. The third-order valence-corrected chi connectivity index (χ3v) is 5.80. The normalized spacial score (nSPS) is 21.7. The van der Waals surface area contributed by atoms with E-state index in [0.717, 1.165) is 16.7 Å². The summed E-state index contributed by atoms with van der Waals surface area (Å²) in [4.78, 5) is 11.5. The van der Waals surface area contributed by atoms with Gasteiger partial charge in [0.05, 0.1) is 6.10 Å². The Labute approximate surface area is 171 Å². The number of aliphatic hydroxyl groups excluding tert-OH is 1. The molecule has 2 aromatic carbocycles. The molecule has 1 aliphatic heterocycles. The van der Waals surface area contributed by atoms with Gasteiger partial charge in [-0.1, -0.05) is 0 Å². The fraction of sp³-hybridized carbons (Fsp3) is 0.435. The first-order valence-electron chi connectivity index (χ1n) is 9.75. The molecular formula is C23H29NO5. The Morgan fingerprint density at radius 3 is 2.41 bits per heavy atom. The van der Waals surface area contributed by atoms with Crippen LogP contribution in [0.2, 0.25) is 0 Å². The minimum atomic E-state index is -0.769. The van der Waals surface area contributed by atoms with Crippen molar-refractivity contribution >= 4 is 11.7 Å². The molecule has 0 aromatic heterocycles. The van der Waals surface area contributed by atoms with Gasteiger partial charge in [0.2, 0.25) is 0 Å². The highest BCUT2D eigenvalue weighted by Gasteiger charge is 2.44. The van der Waals surface area contributed by atoms with Crippen LogP contribution in [0.5, 0.6) is 17.2 Å². The lowest BCUT2D eigenvalue weighted by Gasteiger charge is -2.43. The van der Waals surface area contributed by atoms with E-state index in [4.69, 9.17) is 19.9 Å². The number of anilines is 1. The van der Waals surface area contributed by atoms with E-state index in [0.29, 0.717) is 34.9 Å². The molecule has 0 saturated heterocycles. The summed E-state index contributed by atoms with van der Waals surface area (Å²) in [5.74, 6) is 1.42. The molecule has 1 heterocycles. The van der Waals surface area contributed by atoms with Gasteiger partial charge in [0.25, 0.3) is 0 Å². The number of carbonyl (C=O) groups is 1. The zero-order valence-electron chi connectivity index (χ0n) is 17.8. The van der Waals surface area contributed by atoms with Crippen LogP contribution in [0.1, 0.15) is 55.5 Å². The summed E-state index contributed by atoms with van der Waals surface area (Å²) in [7, 11) is 0. The van der Waals surface area contributed by atoms with E-state index in [2.05, 4.69) is 0 Å². The van der Waals surface area contributed by atoms with Crippen molar-refractivity contribution in [2.75, 3.05) is 5.73 Å². The second-order valence-corrected chi connectivity index (χ2v) is 8.00. The molecule has 0 radical (unpaired) electrons. The van der Waals surface area contributed by atoms with Gasteiger partial charge in [0, 0.05) is 30.2 Å². The molecule has 0 bridgehead atoms. The minimum Gasteiger partial charge on any atom is -0.487 e. The molecule has 3 atom stereocenters. The van der Waals surface area contributed by atoms with Gasteiger partial charge in [-0.15, -0.1) is 0 Å². The lowest BCUT2D eigenvalue weighted by molar-refractivity contribution is -0.132. The van der Waals surface area contributed by atoms with Gasteiger partial charge < -0.3 is 25.1 Å². The number of benzene rings is 2. The van der Waals surface area contributed by atoms with Crippen molar-refractivity contribution in [1.29, 1.82) is 0 Å². The molecule has 0 amide bonds. The van der Waals surface area contributed by atoms with Crippen LogP contribution in [0, 0.1) is 20.8 Å². The molecule has 2 aromatic rings. The number of fused-ring (bicyclic) bond motifs is 1. The molecular weight excluding hydrogens is 370 g/mol. The second-order valence-electron chi connectivity index (χ2n) is 8.00. The summed E-state index contributed by atoms with van der Waals surface area (Å²) in [6.07, 6.45) is -0.754. The second kappa shape index (κ2) is 7.59. The number of esters is 1. The van der Waals surface area contributed by atoms with Crippen LogP contribution in [0.25, 0.3) is 0 Å². The van der Waals surface area contributed by atoms with Crippen molar-refractivity contribution in [3.63, 3.8) is 0 Å². The lowest BCUT2D eigenvalue weighted by atomic mass is 9.83. The molecule has 3 rings (SSSR count). The maximum atomic E-state index is 11.5. The van der Waals surface area contributed by atoms with E-state index in [1.165, 1.54) is 6.92 Å². The Kier molecular flexibility index (Phi) is 5.50. The Morgan fingerprint density at radius 2 is 1.83 bits per heavy atom. The van der Waals surface area contributed by atoms with Crippen molar-refractivity contribution in [3.8, 4) is 17.2 Å². The summed E-state index contributed by atoms with van der Waals surface area (Å²) in [5.41, 5.74) is 8.71. The van der Waals surface area contributed by atoms with Gasteiger partial charge in [-0.05, 0) is 70.0 Å². The third-order valence-electron chi connectivity index (χ3n) is 5.80. The van der Waals surface area contributed by atoms with Gasteiger partial charge in [0.1, 0.15) is 29.0 Å². The zero-order valence-corrected chi connectivity index (χ0v) is 17.8.